The molecule has 0 radical (unpaired) electrons. The summed E-state index contributed by atoms with van der Waals surface area (Å²) in [4.78, 5) is 25.5. The van der Waals surface area contributed by atoms with E-state index in [1.165, 1.54) is 12.2 Å². The molecule has 0 aromatic heterocycles. The van der Waals surface area contributed by atoms with Gasteiger partial charge in [-0.05, 0) is 35.9 Å². The molecule has 2 aromatic rings. The van der Waals surface area contributed by atoms with Gasteiger partial charge in [0, 0.05) is 48.0 Å². The van der Waals surface area contributed by atoms with Crippen molar-refractivity contribution in [3.63, 3.8) is 0 Å². The zero-order chi connectivity index (χ0) is 19.8. The van der Waals surface area contributed by atoms with Gasteiger partial charge in [0.1, 0.15) is 0 Å². The van der Waals surface area contributed by atoms with E-state index in [2.05, 4.69) is 5.32 Å². The standard InChI is InChI=1S/C20H20Cl2N2O3/c1-24(2)15-8-6-14(7-9-15)12-23-19(25)13-27-20(26)11-10-16-17(21)4-3-5-18(16)22/h3-11H,12-13H2,1-2H3,(H,23,25)/b11-10+. The lowest BCUT2D eigenvalue weighted by Gasteiger charge is -2.12. The van der Waals surface area contributed by atoms with Crippen LogP contribution in [0, 0.1) is 0 Å². The van der Waals surface area contributed by atoms with E-state index < -0.39 is 5.97 Å². The van der Waals surface area contributed by atoms with Gasteiger partial charge in [-0.3, -0.25) is 4.79 Å². The number of nitrogens with zero attached hydrogens (tertiary/aromatic N) is 1. The third-order valence-electron chi connectivity index (χ3n) is 3.67. The van der Waals surface area contributed by atoms with Gasteiger partial charge in [-0.1, -0.05) is 41.4 Å². The van der Waals surface area contributed by atoms with Crippen LogP contribution in [-0.2, 0) is 20.9 Å². The number of carbonyl (C=O) groups is 2. The van der Waals surface area contributed by atoms with Gasteiger partial charge in [-0.2, -0.15) is 0 Å². The van der Waals surface area contributed by atoms with Gasteiger partial charge in [0.25, 0.3) is 5.91 Å². The summed E-state index contributed by atoms with van der Waals surface area (Å²) < 4.78 is 4.91. The number of anilines is 1. The monoisotopic (exact) mass is 406 g/mol. The smallest absolute Gasteiger partial charge is 0.331 e. The Morgan fingerprint density at radius 2 is 1.70 bits per heavy atom. The Labute approximate surface area is 168 Å². The van der Waals surface area contributed by atoms with Crippen LogP contribution in [-0.4, -0.2) is 32.6 Å². The second-order valence-corrected chi connectivity index (χ2v) is 6.73. The normalized spacial score (nSPS) is 10.7. The van der Waals surface area contributed by atoms with E-state index in [0.29, 0.717) is 22.2 Å². The van der Waals surface area contributed by atoms with Gasteiger partial charge < -0.3 is 15.0 Å². The third kappa shape index (κ3) is 6.62. The molecule has 2 rings (SSSR count). The van der Waals surface area contributed by atoms with Crippen molar-refractivity contribution >= 4 is 46.8 Å². The number of hydrogen-bond donors (Lipinski definition) is 1. The second kappa shape index (κ2) is 10.00. The Morgan fingerprint density at radius 1 is 1.07 bits per heavy atom. The largest absolute Gasteiger partial charge is 0.452 e. The molecular formula is C20H20Cl2N2O3. The molecule has 0 saturated carbocycles. The Hall–Kier alpha value is -2.50. The highest BCUT2D eigenvalue weighted by Gasteiger charge is 2.07. The number of nitrogens with one attached hydrogen (secondary N) is 1. The van der Waals surface area contributed by atoms with Gasteiger partial charge in [0.05, 0.1) is 0 Å². The average molecular weight is 407 g/mol. The number of esters is 1. The van der Waals surface area contributed by atoms with E-state index in [-0.39, 0.29) is 12.5 Å². The minimum atomic E-state index is -0.656. The average Bonchev–Trinajstić information content (AvgIpc) is 2.64. The summed E-state index contributed by atoms with van der Waals surface area (Å²) in [5, 5.41) is 3.54. The first kappa shape index (κ1) is 20.8. The van der Waals surface area contributed by atoms with Crippen LogP contribution in [0.25, 0.3) is 6.08 Å². The van der Waals surface area contributed by atoms with E-state index in [1.54, 1.807) is 18.2 Å². The first-order valence-corrected chi connectivity index (χ1v) is 8.94. The van der Waals surface area contributed by atoms with Crippen molar-refractivity contribution in [2.45, 2.75) is 6.54 Å². The minimum Gasteiger partial charge on any atom is -0.452 e. The fourth-order valence-electron chi connectivity index (χ4n) is 2.17. The molecule has 27 heavy (non-hydrogen) atoms. The van der Waals surface area contributed by atoms with Crippen LogP contribution in [0.2, 0.25) is 10.0 Å². The van der Waals surface area contributed by atoms with E-state index in [9.17, 15) is 9.59 Å². The molecular weight excluding hydrogens is 387 g/mol. The van der Waals surface area contributed by atoms with Crippen LogP contribution in [0.5, 0.6) is 0 Å². The van der Waals surface area contributed by atoms with E-state index >= 15 is 0 Å². The van der Waals surface area contributed by atoms with Crippen LogP contribution in [0.3, 0.4) is 0 Å². The van der Waals surface area contributed by atoms with Gasteiger partial charge in [-0.15, -0.1) is 0 Å². The molecule has 1 amide bonds. The quantitative estimate of drug-likeness (QED) is 0.558. The fraction of sp³-hybridized carbons (Fsp3) is 0.200. The number of hydrogen-bond acceptors (Lipinski definition) is 4. The molecule has 0 atom stereocenters. The van der Waals surface area contributed by atoms with Crippen LogP contribution < -0.4 is 10.2 Å². The second-order valence-electron chi connectivity index (χ2n) is 5.91. The van der Waals surface area contributed by atoms with Crippen molar-refractivity contribution in [1.29, 1.82) is 0 Å². The lowest BCUT2D eigenvalue weighted by molar-refractivity contribution is -0.143. The zero-order valence-electron chi connectivity index (χ0n) is 15.0. The van der Waals surface area contributed by atoms with E-state index in [4.69, 9.17) is 27.9 Å². The number of ether oxygens (including phenoxy) is 1. The highest BCUT2D eigenvalue weighted by Crippen LogP contribution is 2.25. The topological polar surface area (TPSA) is 58.6 Å². The lowest BCUT2D eigenvalue weighted by atomic mass is 10.2. The van der Waals surface area contributed by atoms with Gasteiger partial charge in [0.15, 0.2) is 6.61 Å². The third-order valence-corrected chi connectivity index (χ3v) is 4.33. The van der Waals surface area contributed by atoms with Crippen molar-refractivity contribution in [3.05, 3.63) is 69.7 Å². The fourth-order valence-corrected chi connectivity index (χ4v) is 2.69. The highest BCUT2D eigenvalue weighted by atomic mass is 35.5. The Morgan fingerprint density at radius 3 is 2.30 bits per heavy atom. The molecule has 7 heteroatoms. The predicted molar refractivity (Wildman–Crippen MR) is 109 cm³/mol. The van der Waals surface area contributed by atoms with Gasteiger partial charge in [0.2, 0.25) is 0 Å². The lowest BCUT2D eigenvalue weighted by Crippen LogP contribution is -2.28. The van der Waals surface area contributed by atoms with E-state index in [0.717, 1.165) is 11.3 Å². The van der Waals surface area contributed by atoms with Crippen molar-refractivity contribution in [3.8, 4) is 0 Å². The molecule has 0 unspecified atom stereocenters. The zero-order valence-corrected chi connectivity index (χ0v) is 16.6. The minimum absolute atomic E-state index is 0.356. The van der Waals surface area contributed by atoms with Crippen LogP contribution in [0.1, 0.15) is 11.1 Å². The molecule has 0 fully saturated rings. The first-order chi connectivity index (χ1) is 12.9. The van der Waals surface area contributed by atoms with Crippen LogP contribution in [0.4, 0.5) is 5.69 Å². The first-order valence-electron chi connectivity index (χ1n) is 8.18. The van der Waals surface area contributed by atoms with Crippen LogP contribution in [0.15, 0.2) is 48.5 Å². The molecule has 2 aromatic carbocycles. The maximum absolute atomic E-state index is 11.8. The highest BCUT2D eigenvalue weighted by molar-refractivity contribution is 6.37. The summed E-state index contributed by atoms with van der Waals surface area (Å²) in [6.07, 6.45) is 2.64. The molecule has 1 N–H and O–H groups in total. The molecule has 0 heterocycles. The van der Waals surface area contributed by atoms with E-state index in [1.807, 2.05) is 43.3 Å². The summed E-state index contributed by atoms with van der Waals surface area (Å²) in [6, 6.07) is 12.8. The SMILES string of the molecule is CN(C)c1ccc(CNC(=O)COC(=O)/C=C/c2c(Cl)cccc2Cl)cc1. The predicted octanol–water partition coefficient (Wildman–Crippen LogP) is 3.93. The van der Waals surface area contributed by atoms with Crippen molar-refractivity contribution in [2.24, 2.45) is 0 Å². The summed E-state index contributed by atoms with van der Waals surface area (Å²) in [7, 11) is 3.92. The molecule has 0 aliphatic carbocycles. The summed E-state index contributed by atoms with van der Waals surface area (Å²) in [6.45, 7) is -0.00955. The maximum atomic E-state index is 11.8. The molecule has 142 valence electrons. The molecule has 5 nitrogen and oxygen atoms in total. The Kier molecular flexibility index (Phi) is 7.70. The molecule has 0 saturated heterocycles. The summed E-state index contributed by atoms with van der Waals surface area (Å²) in [5.41, 5.74) is 2.54. The molecule has 0 bridgehead atoms. The van der Waals surface area contributed by atoms with Crippen molar-refractivity contribution in [2.75, 3.05) is 25.6 Å². The number of rotatable bonds is 7. The molecule has 0 aliphatic heterocycles. The maximum Gasteiger partial charge on any atom is 0.331 e. The Bertz CT molecular complexity index is 813. The number of halogens is 2. The summed E-state index contributed by atoms with van der Waals surface area (Å²) in [5.74, 6) is -1.04. The molecule has 0 aliphatic rings. The number of amides is 1. The van der Waals surface area contributed by atoms with Gasteiger partial charge in [-0.25, -0.2) is 4.79 Å². The van der Waals surface area contributed by atoms with Gasteiger partial charge >= 0.3 is 5.97 Å². The number of benzene rings is 2. The van der Waals surface area contributed by atoms with Crippen molar-refractivity contribution < 1.29 is 14.3 Å². The van der Waals surface area contributed by atoms with Crippen molar-refractivity contribution in [1.82, 2.24) is 5.32 Å². The number of carbonyl (C=O) groups excluding carboxylic acids is 2. The van der Waals surface area contributed by atoms with Crippen LogP contribution >= 0.6 is 23.2 Å². The Balaban J connectivity index is 1.78. The summed E-state index contributed by atoms with van der Waals surface area (Å²) >= 11 is 12.0. The molecule has 0 spiro atoms.